The van der Waals surface area contributed by atoms with Gasteiger partial charge in [-0.05, 0) is 48.8 Å². The van der Waals surface area contributed by atoms with Gasteiger partial charge in [-0.25, -0.2) is 0 Å². The molecule has 0 saturated heterocycles. The Hall–Kier alpha value is -0.780. The molecule has 0 N–H and O–H groups in total. The monoisotopic (exact) mass is 187 g/mol. The van der Waals surface area contributed by atoms with Crippen LogP contribution in [0.3, 0.4) is 0 Å². The molecular formula is C14H19. The Kier molecular flexibility index (Phi) is 2.90. The van der Waals surface area contributed by atoms with Crippen LogP contribution in [0.25, 0.3) is 0 Å². The van der Waals surface area contributed by atoms with Crippen LogP contribution in [0.4, 0.5) is 0 Å². The number of hydrogen-bond donors (Lipinski definition) is 0. The summed E-state index contributed by atoms with van der Waals surface area (Å²) in [5, 5.41) is 0. The highest BCUT2D eigenvalue weighted by Gasteiger charge is 2.20. The Bertz CT molecular complexity index is 301. The second kappa shape index (κ2) is 4.16. The van der Waals surface area contributed by atoms with E-state index < -0.39 is 0 Å². The van der Waals surface area contributed by atoms with Crippen molar-refractivity contribution in [2.24, 2.45) is 5.92 Å². The Morgan fingerprint density at radius 1 is 1.36 bits per heavy atom. The maximum Gasteiger partial charge on any atom is -0.0157 e. The summed E-state index contributed by atoms with van der Waals surface area (Å²) in [5.41, 5.74) is 2.99. The average Bonchev–Trinajstić information content (AvgIpc) is 2.18. The van der Waals surface area contributed by atoms with Crippen LogP contribution in [0.1, 0.15) is 49.7 Å². The lowest BCUT2D eigenvalue weighted by molar-refractivity contribution is 0.343. The quantitative estimate of drug-likeness (QED) is 0.621. The van der Waals surface area contributed by atoms with E-state index in [4.69, 9.17) is 0 Å². The van der Waals surface area contributed by atoms with Gasteiger partial charge in [-0.3, -0.25) is 0 Å². The maximum atomic E-state index is 3.15. The zero-order chi connectivity index (χ0) is 9.97. The standard InChI is InChI=1S/C14H19/c1-11-6-5-8-13(10-11)14-9-4-3-7-12(14)2/h4,7,9,11,13H,5-6,8,10H2,1-2H3. The fraction of sp³-hybridized carbons (Fsp3) is 0.571. The highest BCUT2D eigenvalue weighted by atomic mass is 14.3. The summed E-state index contributed by atoms with van der Waals surface area (Å²) in [7, 11) is 0. The summed E-state index contributed by atoms with van der Waals surface area (Å²) in [5.74, 6) is 1.73. The maximum absolute atomic E-state index is 3.15. The molecule has 0 heteroatoms. The van der Waals surface area contributed by atoms with Crippen molar-refractivity contribution in [3.05, 3.63) is 35.4 Å². The van der Waals surface area contributed by atoms with Crippen LogP contribution < -0.4 is 0 Å². The Labute approximate surface area is 87.3 Å². The second-order valence-corrected chi connectivity index (χ2v) is 4.75. The molecule has 14 heavy (non-hydrogen) atoms. The number of aryl methyl sites for hydroxylation is 1. The lowest BCUT2D eigenvalue weighted by atomic mass is 9.78. The first-order valence-corrected chi connectivity index (χ1v) is 5.74. The number of hydrogen-bond acceptors (Lipinski definition) is 0. The molecule has 2 rings (SSSR count). The van der Waals surface area contributed by atoms with Gasteiger partial charge in [0.1, 0.15) is 0 Å². The molecule has 0 nitrogen and oxygen atoms in total. The van der Waals surface area contributed by atoms with Crippen LogP contribution in [0, 0.1) is 18.9 Å². The van der Waals surface area contributed by atoms with Gasteiger partial charge in [-0.2, -0.15) is 0 Å². The second-order valence-electron chi connectivity index (χ2n) is 4.75. The molecular weight excluding hydrogens is 168 g/mol. The normalized spacial score (nSPS) is 27.6. The predicted octanol–water partition coefficient (Wildman–Crippen LogP) is 4.09. The van der Waals surface area contributed by atoms with Crippen molar-refractivity contribution >= 4 is 0 Å². The Balaban J connectivity index is 2.18. The number of rotatable bonds is 1. The molecule has 1 aliphatic rings. The van der Waals surface area contributed by atoms with Crippen LogP contribution in [-0.2, 0) is 0 Å². The highest BCUT2D eigenvalue weighted by Crippen LogP contribution is 2.36. The van der Waals surface area contributed by atoms with Gasteiger partial charge in [0, 0.05) is 0 Å². The molecule has 2 unspecified atom stereocenters. The summed E-state index contributed by atoms with van der Waals surface area (Å²) in [4.78, 5) is 0. The van der Waals surface area contributed by atoms with Crippen LogP contribution in [0.2, 0.25) is 0 Å². The molecule has 0 spiro atoms. The molecule has 1 radical (unpaired) electrons. The van der Waals surface area contributed by atoms with E-state index in [2.05, 4.69) is 38.1 Å². The van der Waals surface area contributed by atoms with Gasteiger partial charge in [0.25, 0.3) is 0 Å². The predicted molar refractivity (Wildman–Crippen MR) is 60.4 cm³/mol. The lowest BCUT2D eigenvalue weighted by Gasteiger charge is -2.28. The summed E-state index contributed by atoms with van der Waals surface area (Å²) >= 11 is 0. The Morgan fingerprint density at radius 2 is 2.21 bits per heavy atom. The zero-order valence-electron chi connectivity index (χ0n) is 9.22. The van der Waals surface area contributed by atoms with Crippen molar-refractivity contribution in [2.45, 2.75) is 45.4 Å². The van der Waals surface area contributed by atoms with E-state index in [1.54, 1.807) is 5.56 Å². The summed E-state index contributed by atoms with van der Waals surface area (Å²) < 4.78 is 0. The molecule has 75 valence electrons. The minimum absolute atomic E-state index is 0.813. The first-order chi connectivity index (χ1) is 6.77. The number of benzene rings is 1. The molecule has 1 aromatic rings. The van der Waals surface area contributed by atoms with Crippen molar-refractivity contribution in [3.63, 3.8) is 0 Å². The SMILES string of the molecule is Cc1c[c]ccc1C1CCCC(C)C1. The highest BCUT2D eigenvalue weighted by molar-refractivity contribution is 5.28. The van der Waals surface area contributed by atoms with Crippen LogP contribution in [-0.4, -0.2) is 0 Å². The van der Waals surface area contributed by atoms with Crippen molar-refractivity contribution in [1.82, 2.24) is 0 Å². The van der Waals surface area contributed by atoms with E-state index in [0.717, 1.165) is 11.8 Å². The van der Waals surface area contributed by atoms with Gasteiger partial charge in [0.2, 0.25) is 0 Å². The van der Waals surface area contributed by atoms with Crippen molar-refractivity contribution < 1.29 is 0 Å². The third-order valence-electron chi connectivity index (χ3n) is 3.49. The zero-order valence-corrected chi connectivity index (χ0v) is 9.22. The summed E-state index contributed by atoms with van der Waals surface area (Å²) in [6.45, 7) is 4.60. The molecule has 0 heterocycles. The molecule has 1 aliphatic carbocycles. The van der Waals surface area contributed by atoms with Gasteiger partial charge in [0.05, 0.1) is 0 Å². The molecule has 1 saturated carbocycles. The minimum atomic E-state index is 0.813. The lowest BCUT2D eigenvalue weighted by Crippen LogP contribution is -2.12. The fourth-order valence-corrected chi connectivity index (χ4v) is 2.70. The van der Waals surface area contributed by atoms with Crippen LogP contribution >= 0.6 is 0 Å². The fourth-order valence-electron chi connectivity index (χ4n) is 2.70. The minimum Gasteiger partial charge on any atom is -0.0625 e. The van der Waals surface area contributed by atoms with E-state index in [1.807, 2.05) is 0 Å². The Morgan fingerprint density at radius 3 is 2.93 bits per heavy atom. The molecule has 1 aromatic carbocycles. The first-order valence-electron chi connectivity index (χ1n) is 5.74. The molecule has 0 aliphatic heterocycles. The van der Waals surface area contributed by atoms with Crippen molar-refractivity contribution in [3.8, 4) is 0 Å². The van der Waals surface area contributed by atoms with Gasteiger partial charge >= 0.3 is 0 Å². The van der Waals surface area contributed by atoms with Gasteiger partial charge in [0.15, 0.2) is 0 Å². The topological polar surface area (TPSA) is 0 Å². The molecule has 0 aromatic heterocycles. The molecule has 0 bridgehead atoms. The van der Waals surface area contributed by atoms with Crippen molar-refractivity contribution in [1.29, 1.82) is 0 Å². The van der Waals surface area contributed by atoms with Crippen molar-refractivity contribution in [2.75, 3.05) is 0 Å². The molecule has 0 amide bonds. The van der Waals surface area contributed by atoms with E-state index >= 15 is 0 Å². The van der Waals surface area contributed by atoms with E-state index in [-0.39, 0.29) is 0 Å². The van der Waals surface area contributed by atoms with Gasteiger partial charge < -0.3 is 0 Å². The summed E-state index contributed by atoms with van der Waals surface area (Å²) in [6.07, 6.45) is 5.60. The smallest absolute Gasteiger partial charge is 0.0157 e. The third-order valence-corrected chi connectivity index (χ3v) is 3.49. The van der Waals surface area contributed by atoms with Crippen LogP contribution in [0.15, 0.2) is 18.2 Å². The average molecular weight is 187 g/mol. The summed E-state index contributed by atoms with van der Waals surface area (Å²) in [6, 6.07) is 9.59. The van der Waals surface area contributed by atoms with E-state index in [0.29, 0.717) is 0 Å². The van der Waals surface area contributed by atoms with E-state index in [1.165, 1.54) is 31.2 Å². The third kappa shape index (κ3) is 2.00. The van der Waals surface area contributed by atoms with Crippen LogP contribution in [0.5, 0.6) is 0 Å². The van der Waals surface area contributed by atoms with Gasteiger partial charge in [-0.1, -0.05) is 38.0 Å². The largest absolute Gasteiger partial charge is 0.0625 e. The molecule has 2 atom stereocenters. The van der Waals surface area contributed by atoms with E-state index in [9.17, 15) is 0 Å². The first kappa shape index (κ1) is 9.76. The van der Waals surface area contributed by atoms with Gasteiger partial charge in [-0.15, -0.1) is 0 Å². The molecule has 1 fully saturated rings.